The maximum absolute atomic E-state index is 5.92. The van der Waals surface area contributed by atoms with E-state index in [4.69, 9.17) is 11.5 Å². The van der Waals surface area contributed by atoms with Crippen LogP contribution in [0.1, 0.15) is 13.8 Å². The summed E-state index contributed by atoms with van der Waals surface area (Å²) in [6.07, 6.45) is 1.63. The molecule has 0 unspecified atom stereocenters. The van der Waals surface area contributed by atoms with Gasteiger partial charge in [-0.3, -0.25) is 5.01 Å². The highest BCUT2D eigenvalue weighted by molar-refractivity contribution is 5.55. The van der Waals surface area contributed by atoms with E-state index in [0.717, 1.165) is 18.7 Å². The van der Waals surface area contributed by atoms with Crippen molar-refractivity contribution in [1.29, 1.82) is 0 Å². The zero-order valence-corrected chi connectivity index (χ0v) is 9.01. The minimum Gasteiger partial charge on any atom is -0.382 e. The molecule has 0 aliphatic carbocycles. The average molecular weight is 208 g/mol. The molecule has 0 radical (unpaired) electrons. The third-order valence-electron chi connectivity index (χ3n) is 2.49. The van der Waals surface area contributed by atoms with E-state index in [2.05, 4.69) is 23.8 Å². The lowest BCUT2D eigenvalue weighted by atomic mass is 10.6. The van der Waals surface area contributed by atoms with Crippen molar-refractivity contribution in [1.82, 2.24) is 14.3 Å². The van der Waals surface area contributed by atoms with E-state index in [9.17, 15) is 0 Å². The standard InChI is InChI=1S/C9H16N6/c1-3-13(4-2)15-7(10)5-9-12-6-8(11)14(9)15/h5-6H,3-4,10-11H2,1-2H3. The van der Waals surface area contributed by atoms with Gasteiger partial charge in [-0.25, -0.2) is 4.98 Å². The minimum absolute atomic E-state index is 0.591. The first kappa shape index (κ1) is 9.70. The zero-order chi connectivity index (χ0) is 11.0. The van der Waals surface area contributed by atoms with Gasteiger partial charge in [-0.15, -0.1) is 0 Å². The van der Waals surface area contributed by atoms with Gasteiger partial charge in [-0.1, -0.05) is 0 Å². The molecule has 2 rings (SSSR count). The van der Waals surface area contributed by atoms with Gasteiger partial charge in [0.05, 0.1) is 6.20 Å². The van der Waals surface area contributed by atoms with Gasteiger partial charge in [0.2, 0.25) is 0 Å². The Hall–Kier alpha value is -1.85. The number of anilines is 2. The molecule has 0 aliphatic heterocycles. The number of rotatable bonds is 3. The molecule has 0 aromatic carbocycles. The highest BCUT2D eigenvalue weighted by atomic mass is 15.7. The molecule has 15 heavy (non-hydrogen) atoms. The molecule has 6 heteroatoms. The van der Waals surface area contributed by atoms with Gasteiger partial charge in [0.1, 0.15) is 11.6 Å². The van der Waals surface area contributed by atoms with Gasteiger partial charge in [-0.05, 0) is 13.8 Å². The molecule has 0 fully saturated rings. The van der Waals surface area contributed by atoms with Crippen LogP contribution >= 0.6 is 0 Å². The monoisotopic (exact) mass is 208 g/mol. The molecule has 82 valence electrons. The van der Waals surface area contributed by atoms with Crippen molar-refractivity contribution in [3.63, 3.8) is 0 Å². The molecule has 0 saturated heterocycles. The molecular formula is C9H16N6. The van der Waals surface area contributed by atoms with E-state index < -0.39 is 0 Å². The number of nitrogens with zero attached hydrogens (tertiary/aromatic N) is 4. The molecule has 0 saturated carbocycles. The maximum Gasteiger partial charge on any atom is 0.159 e. The SMILES string of the molecule is CCN(CC)n1c(N)cc2ncc(N)n21. The molecule has 2 aromatic heterocycles. The third-order valence-corrected chi connectivity index (χ3v) is 2.49. The number of hydrogen-bond acceptors (Lipinski definition) is 4. The van der Waals surface area contributed by atoms with Gasteiger partial charge >= 0.3 is 0 Å². The average Bonchev–Trinajstić information content (AvgIpc) is 2.71. The molecule has 2 heterocycles. The molecule has 2 aromatic rings. The summed E-state index contributed by atoms with van der Waals surface area (Å²) in [7, 11) is 0. The van der Waals surface area contributed by atoms with Crippen LogP contribution in [0.2, 0.25) is 0 Å². The van der Waals surface area contributed by atoms with Crippen LogP contribution in [0.3, 0.4) is 0 Å². The number of hydrogen-bond donors (Lipinski definition) is 2. The second-order valence-corrected chi connectivity index (χ2v) is 3.35. The smallest absolute Gasteiger partial charge is 0.159 e. The van der Waals surface area contributed by atoms with Crippen LogP contribution in [0.4, 0.5) is 11.6 Å². The summed E-state index contributed by atoms with van der Waals surface area (Å²) in [6.45, 7) is 5.87. The first-order chi connectivity index (χ1) is 7.19. The Balaban J connectivity index is 2.65. The fourth-order valence-corrected chi connectivity index (χ4v) is 1.77. The second-order valence-electron chi connectivity index (χ2n) is 3.35. The predicted molar refractivity (Wildman–Crippen MR) is 61.3 cm³/mol. The molecule has 0 bridgehead atoms. The van der Waals surface area contributed by atoms with Crippen molar-refractivity contribution in [3.8, 4) is 0 Å². The van der Waals surface area contributed by atoms with Crippen LogP contribution in [-0.2, 0) is 0 Å². The number of nitrogens with two attached hydrogens (primary N) is 2. The lowest BCUT2D eigenvalue weighted by molar-refractivity contribution is 0.542. The molecule has 4 N–H and O–H groups in total. The highest BCUT2D eigenvalue weighted by Crippen LogP contribution is 2.15. The molecule has 0 aliphatic rings. The maximum atomic E-state index is 5.92. The van der Waals surface area contributed by atoms with E-state index in [1.54, 1.807) is 6.20 Å². The normalized spacial score (nSPS) is 11.1. The number of fused-ring (bicyclic) bond motifs is 1. The summed E-state index contributed by atoms with van der Waals surface area (Å²) >= 11 is 0. The Bertz CT molecular complexity index is 464. The van der Waals surface area contributed by atoms with E-state index in [0.29, 0.717) is 11.6 Å². The van der Waals surface area contributed by atoms with Crippen molar-refractivity contribution in [2.45, 2.75) is 13.8 Å². The lowest BCUT2D eigenvalue weighted by Crippen LogP contribution is -2.37. The Morgan fingerprint density at radius 3 is 2.53 bits per heavy atom. The van der Waals surface area contributed by atoms with Gasteiger partial charge < -0.3 is 11.5 Å². The van der Waals surface area contributed by atoms with Gasteiger partial charge in [-0.2, -0.15) is 9.31 Å². The topological polar surface area (TPSA) is 77.5 Å². The predicted octanol–water partition coefficient (Wildman–Crippen LogP) is 0.278. The summed E-state index contributed by atoms with van der Waals surface area (Å²) in [5.74, 6) is 1.24. The zero-order valence-electron chi connectivity index (χ0n) is 9.01. The molecule has 6 nitrogen and oxygen atoms in total. The summed E-state index contributed by atoms with van der Waals surface area (Å²) in [4.78, 5) is 6.02. The van der Waals surface area contributed by atoms with Crippen molar-refractivity contribution in [2.24, 2.45) is 0 Å². The Kier molecular flexibility index (Phi) is 2.18. The van der Waals surface area contributed by atoms with Crippen LogP contribution in [-0.4, -0.2) is 27.4 Å². The first-order valence-corrected chi connectivity index (χ1v) is 5.04. The Morgan fingerprint density at radius 1 is 1.27 bits per heavy atom. The molecule has 0 atom stereocenters. The van der Waals surface area contributed by atoms with Crippen LogP contribution < -0.4 is 16.5 Å². The van der Waals surface area contributed by atoms with Gasteiger partial charge in [0.25, 0.3) is 0 Å². The van der Waals surface area contributed by atoms with Crippen molar-refractivity contribution in [2.75, 3.05) is 29.6 Å². The van der Waals surface area contributed by atoms with E-state index in [1.165, 1.54) is 0 Å². The summed E-state index contributed by atoms with van der Waals surface area (Å²) in [5.41, 5.74) is 12.5. The fourth-order valence-electron chi connectivity index (χ4n) is 1.77. The van der Waals surface area contributed by atoms with Gasteiger partial charge in [0, 0.05) is 19.2 Å². The molecular weight excluding hydrogens is 192 g/mol. The van der Waals surface area contributed by atoms with Crippen LogP contribution in [0.15, 0.2) is 12.3 Å². The van der Waals surface area contributed by atoms with E-state index in [1.807, 2.05) is 15.4 Å². The van der Waals surface area contributed by atoms with Crippen LogP contribution in [0.5, 0.6) is 0 Å². The largest absolute Gasteiger partial charge is 0.382 e. The third kappa shape index (κ3) is 1.29. The molecule has 0 spiro atoms. The highest BCUT2D eigenvalue weighted by Gasteiger charge is 2.13. The fraction of sp³-hybridized carbons (Fsp3) is 0.444. The first-order valence-electron chi connectivity index (χ1n) is 5.04. The Morgan fingerprint density at radius 2 is 1.93 bits per heavy atom. The number of imidazole rings is 1. The number of nitrogen functional groups attached to an aromatic ring is 2. The summed E-state index contributed by atoms with van der Waals surface area (Å²) in [6, 6.07) is 1.81. The number of aromatic nitrogens is 3. The summed E-state index contributed by atoms with van der Waals surface area (Å²) < 4.78 is 1.81. The van der Waals surface area contributed by atoms with Crippen LogP contribution in [0, 0.1) is 0 Å². The molecule has 0 amide bonds. The van der Waals surface area contributed by atoms with Gasteiger partial charge in [0.15, 0.2) is 5.65 Å². The Labute approximate surface area is 88.0 Å². The van der Waals surface area contributed by atoms with Crippen molar-refractivity contribution in [3.05, 3.63) is 12.3 Å². The van der Waals surface area contributed by atoms with Crippen LogP contribution in [0.25, 0.3) is 5.65 Å². The van der Waals surface area contributed by atoms with E-state index >= 15 is 0 Å². The van der Waals surface area contributed by atoms with E-state index in [-0.39, 0.29) is 0 Å². The van der Waals surface area contributed by atoms with Crippen molar-refractivity contribution < 1.29 is 0 Å². The summed E-state index contributed by atoms with van der Waals surface area (Å²) in [5, 5.41) is 2.08. The van der Waals surface area contributed by atoms with Crippen molar-refractivity contribution >= 4 is 17.3 Å². The second kappa shape index (κ2) is 3.38. The quantitative estimate of drug-likeness (QED) is 0.759. The lowest BCUT2D eigenvalue weighted by Gasteiger charge is -2.24. The minimum atomic E-state index is 0.591.